The number of carbonyl (C=O) groups is 1. The average Bonchev–Trinajstić information content (AvgIpc) is 3.30. The number of rotatable bonds is 5. The molecule has 0 atom stereocenters. The van der Waals surface area contributed by atoms with Gasteiger partial charge >= 0.3 is 0 Å². The predicted molar refractivity (Wildman–Crippen MR) is 113 cm³/mol. The maximum absolute atomic E-state index is 12.6. The molecule has 146 valence electrons. The van der Waals surface area contributed by atoms with Gasteiger partial charge in [0.25, 0.3) is 5.91 Å². The number of hydrogen-bond acceptors (Lipinski definition) is 3. The Labute approximate surface area is 177 Å². The highest BCUT2D eigenvalue weighted by atomic mass is 35.5. The Morgan fingerprint density at radius 1 is 1.10 bits per heavy atom. The van der Waals surface area contributed by atoms with Crippen LogP contribution in [0.3, 0.4) is 0 Å². The fraction of sp³-hybridized carbons (Fsp3) is 0.0952. The minimum atomic E-state index is -0.269. The van der Waals surface area contributed by atoms with Crippen molar-refractivity contribution in [3.05, 3.63) is 88.6 Å². The minimum absolute atomic E-state index is 0.269. The summed E-state index contributed by atoms with van der Waals surface area (Å²) in [6, 6.07) is 15.1. The third-order valence-corrected chi connectivity index (χ3v) is 5.39. The topological polar surface area (TPSA) is 64.7 Å². The van der Waals surface area contributed by atoms with Gasteiger partial charge in [0.2, 0.25) is 0 Å². The van der Waals surface area contributed by atoms with Crippen LogP contribution in [-0.2, 0) is 13.6 Å². The van der Waals surface area contributed by atoms with Gasteiger partial charge in [0.05, 0.1) is 16.4 Å². The lowest BCUT2D eigenvalue weighted by atomic mass is 10.1. The summed E-state index contributed by atoms with van der Waals surface area (Å²) in [4.78, 5) is 16.7. The fourth-order valence-electron chi connectivity index (χ4n) is 3.03. The average molecular weight is 426 g/mol. The van der Waals surface area contributed by atoms with E-state index >= 15 is 0 Å². The second-order valence-corrected chi connectivity index (χ2v) is 7.19. The first-order chi connectivity index (χ1) is 14.0. The zero-order chi connectivity index (χ0) is 20.4. The van der Waals surface area contributed by atoms with Crippen molar-refractivity contribution >= 4 is 29.1 Å². The maximum Gasteiger partial charge on any atom is 0.268 e. The Bertz CT molecular complexity index is 1150. The second-order valence-electron chi connectivity index (χ2n) is 6.43. The number of nitrogens with one attached hydrogen (secondary N) is 1. The molecule has 0 saturated carbocycles. The molecule has 0 bridgehead atoms. The summed E-state index contributed by atoms with van der Waals surface area (Å²) in [5.74, 6) is -0.269. The second kappa shape index (κ2) is 8.11. The quantitative estimate of drug-likeness (QED) is 0.511. The van der Waals surface area contributed by atoms with Crippen LogP contribution in [0.5, 0.6) is 0 Å². The van der Waals surface area contributed by atoms with E-state index in [4.69, 9.17) is 28.3 Å². The number of para-hydroxylation sites is 1. The summed E-state index contributed by atoms with van der Waals surface area (Å²) in [6.07, 6.45) is 5.34. The third-order valence-electron chi connectivity index (χ3n) is 4.55. The summed E-state index contributed by atoms with van der Waals surface area (Å²) < 4.78 is 3.35. The van der Waals surface area contributed by atoms with Crippen LogP contribution in [0.15, 0.2) is 67.1 Å². The molecule has 0 saturated heterocycles. The summed E-state index contributed by atoms with van der Waals surface area (Å²) in [7, 11) is 1.69. The number of nitrogens with zero attached hydrogens (tertiary/aromatic N) is 4. The molecular weight excluding hydrogens is 409 g/mol. The number of benzene rings is 1. The smallest absolute Gasteiger partial charge is 0.268 e. The van der Waals surface area contributed by atoms with Crippen molar-refractivity contribution in [2.75, 3.05) is 0 Å². The number of hydrogen-bond donors (Lipinski definition) is 1. The Morgan fingerprint density at radius 2 is 1.83 bits per heavy atom. The van der Waals surface area contributed by atoms with E-state index in [0.29, 0.717) is 22.4 Å². The molecule has 4 aromatic rings. The predicted octanol–water partition coefficient (Wildman–Crippen LogP) is 4.51. The van der Waals surface area contributed by atoms with E-state index in [0.717, 1.165) is 22.5 Å². The van der Waals surface area contributed by atoms with Gasteiger partial charge in [-0.3, -0.25) is 9.78 Å². The van der Waals surface area contributed by atoms with Crippen molar-refractivity contribution in [2.24, 2.45) is 7.05 Å². The van der Waals surface area contributed by atoms with E-state index in [2.05, 4.69) is 10.3 Å². The van der Waals surface area contributed by atoms with Crippen molar-refractivity contribution < 1.29 is 4.79 Å². The zero-order valence-corrected chi connectivity index (χ0v) is 17.0. The Kier molecular flexibility index (Phi) is 5.38. The van der Waals surface area contributed by atoms with E-state index in [1.165, 1.54) is 0 Å². The molecule has 1 amide bonds. The van der Waals surface area contributed by atoms with Crippen LogP contribution < -0.4 is 5.32 Å². The fourth-order valence-corrected chi connectivity index (χ4v) is 3.41. The molecule has 0 radical (unpaired) electrons. The molecule has 3 heterocycles. The molecule has 6 nitrogen and oxygen atoms in total. The van der Waals surface area contributed by atoms with E-state index in [1.807, 2.05) is 48.7 Å². The van der Waals surface area contributed by atoms with Crippen LogP contribution in [0.1, 0.15) is 16.1 Å². The lowest BCUT2D eigenvalue weighted by molar-refractivity contribution is 0.0943. The first-order valence-corrected chi connectivity index (χ1v) is 9.63. The van der Waals surface area contributed by atoms with E-state index < -0.39 is 0 Å². The first kappa shape index (κ1) is 19.2. The number of amides is 1. The molecule has 0 aliphatic carbocycles. The number of carbonyl (C=O) groups excluding carboxylic acids is 1. The van der Waals surface area contributed by atoms with E-state index in [9.17, 15) is 4.79 Å². The molecule has 0 unspecified atom stereocenters. The third kappa shape index (κ3) is 3.90. The van der Waals surface area contributed by atoms with Gasteiger partial charge in [-0.15, -0.1) is 0 Å². The Balaban J connectivity index is 1.64. The minimum Gasteiger partial charge on any atom is -0.347 e. The maximum atomic E-state index is 12.6. The lowest BCUT2D eigenvalue weighted by Crippen LogP contribution is -2.25. The van der Waals surface area contributed by atoms with Crippen LogP contribution in [0, 0.1) is 0 Å². The van der Waals surface area contributed by atoms with Crippen molar-refractivity contribution in [1.82, 2.24) is 24.6 Å². The van der Waals surface area contributed by atoms with Gasteiger partial charge < -0.3 is 9.88 Å². The lowest BCUT2D eigenvalue weighted by Gasteiger charge is -2.07. The first-order valence-electron chi connectivity index (χ1n) is 8.88. The van der Waals surface area contributed by atoms with Crippen molar-refractivity contribution in [3.63, 3.8) is 0 Å². The summed E-state index contributed by atoms with van der Waals surface area (Å²) in [6.45, 7) is 0.295. The molecule has 0 spiro atoms. The Hall–Kier alpha value is -3.09. The van der Waals surface area contributed by atoms with Crippen molar-refractivity contribution in [1.29, 1.82) is 0 Å². The van der Waals surface area contributed by atoms with Gasteiger partial charge in [0.1, 0.15) is 10.8 Å². The van der Waals surface area contributed by atoms with Crippen molar-refractivity contribution in [2.45, 2.75) is 6.54 Å². The normalized spacial score (nSPS) is 10.9. The van der Waals surface area contributed by atoms with Gasteiger partial charge in [-0.25, -0.2) is 4.68 Å². The van der Waals surface area contributed by atoms with E-state index in [-0.39, 0.29) is 5.91 Å². The number of pyridine rings is 1. The molecule has 0 aliphatic heterocycles. The molecule has 29 heavy (non-hydrogen) atoms. The summed E-state index contributed by atoms with van der Waals surface area (Å²) in [5, 5.41) is 8.32. The monoisotopic (exact) mass is 425 g/mol. The largest absolute Gasteiger partial charge is 0.347 e. The van der Waals surface area contributed by atoms with Gasteiger partial charge in [-0.1, -0.05) is 41.4 Å². The molecular formula is C21H17Cl2N5O. The molecule has 0 fully saturated rings. The highest BCUT2D eigenvalue weighted by molar-refractivity contribution is 6.41. The molecule has 4 rings (SSSR count). The van der Waals surface area contributed by atoms with Crippen LogP contribution in [-0.4, -0.2) is 25.2 Å². The molecule has 0 aliphatic rings. The van der Waals surface area contributed by atoms with Gasteiger partial charge in [-0.05, 0) is 30.3 Å². The highest BCUT2D eigenvalue weighted by Crippen LogP contribution is 2.26. The zero-order valence-electron chi connectivity index (χ0n) is 15.5. The van der Waals surface area contributed by atoms with Crippen LogP contribution in [0.4, 0.5) is 0 Å². The molecule has 3 aromatic heterocycles. The molecule has 1 aromatic carbocycles. The Morgan fingerprint density at radius 3 is 2.48 bits per heavy atom. The van der Waals surface area contributed by atoms with Gasteiger partial charge in [-0.2, -0.15) is 5.10 Å². The molecule has 1 N–H and O–H groups in total. The van der Waals surface area contributed by atoms with Crippen LogP contribution >= 0.6 is 23.2 Å². The standard InChI is InChI=1S/C21H17Cl2N5O/c1-27-18(11-17(22)20(27)23)21(29)25-12-15-13-28(16-5-3-2-4-6-16)26-19(15)14-7-9-24-10-8-14/h2-11,13H,12H2,1H3,(H,25,29). The highest BCUT2D eigenvalue weighted by Gasteiger charge is 2.17. The SMILES string of the molecule is Cn1c(C(=O)NCc2cn(-c3ccccc3)nc2-c2ccncc2)cc(Cl)c1Cl. The summed E-state index contributed by atoms with van der Waals surface area (Å²) >= 11 is 12.1. The van der Waals surface area contributed by atoms with Gasteiger partial charge in [0.15, 0.2) is 0 Å². The van der Waals surface area contributed by atoms with Crippen molar-refractivity contribution in [3.8, 4) is 16.9 Å². The van der Waals surface area contributed by atoms with Crippen LogP contribution in [0.2, 0.25) is 10.2 Å². The number of halogens is 2. The number of aromatic nitrogens is 4. The molecule has 8 heteroatoms. The summed E-state index contributed by atoms with van der Waals surface area (Å²) in [5.41, 5.74) is 3.89. The van der Waals surface area contributed by atoms with Gasteiger partial charge in [0, 0.05) is 43.3 Å². The van der Waals surface area contributed by atoms with Crippen LogP contribution in [0.25, 0.3) is 16.9 Å². The van der Waals surface area contributed by atoms with E-state index in [1.54, 1.807) is 34.8 Å².